The van der Waals surface area contributed by atoms with Gasteiger partial charge in [0.05, 0.1) is 16.8 Å². The van der Waals surface area contributed by atoms with Crippen LogP contribution in [0.4, 0.5) is 0 Å². The number of likely N-dealkylation sites (tertiary alicyclic amines) is 1. The van der Waals surface area contributed by atoms with Gasteiger partial charge in [-0.25, -0.2) is 4.98 Å². The molecule has 4 nitrogen and oxygen atoms in total. The number of aryl methyl sites for hydroxylation is 1. The maximum absolute atomic E-state index is 13.5. The fourth-order valence-electron chi connectivity index (χ4n) is 4.18. The van der Waals surface area contributed by atoms with Crippen molar-refractivity contribution >= 4 is 16.8 Å². The topological polar surface area (TPSA) is 46.1 Å². The Hall–Kier alpha value is -2.75. The van der Waals surface area contributed by atoms with Gasteiger partial charge < -0.3 is 4.90 Å². The monoisotopic (exact) mass is 359 g/mol. The van der Waals surface area contributed by atoms with Gasteiger partial charge in [-0.2, -0.15) is 0 Å². The van der Waals surface area contributed by atoms with Crippen LogP contribution in [0.15, 0.2) is 48.8 Å². The predicted octanol–water partition coefficient (Wildman–Crippen LogP) is 4.72. The van der Waals surface area contributed by atoms with Crippen molar-refractivity contribution in [2.75, 3.05) is 13.1 Å². The van der Waals surface area contributed by atoms with Crippen molar-refractivity contribution in [1.29, 1.82) is 0 Å². The number of carbonyl (C=O) groups excluding carboxylic acids is 1. The third-order valence-corrected chi connectivity index (χ3v) is 5.31. The van der Waals surface area contributed by atoms with Crippen LogP contribution in [0.3, 0.4) is 0 Å². The Morgan fingerprint density at radius 1 is 1.11 bits per heavy atom. The van der Waals surface area contributed by atoms with Gasteiger partial charge in [-0.15, -0.1) is 0 Å². The number of amides is 1. The molecule has 27 heavy (non-hydrogen) atoms. The quantitative estimate of drug-likeness (QED) is 0.665. The average molecular weight is 359 g/mol. The molecule has 1 fully saturated rings. The normalized spacial score (nSPS) is 20.0. The summed E-state index contributed by atoms with van der Waals surface area (Å²) in [6.07, 6.45) is 4.72. The van der Waals surface area contributed by atoms with Gasteiger partial charge in [0.1, 0.15) is 0 Å². The Kier molecular flexibility index (Phi) is 4.65. The first-order valence-corrected chi connectivity index (χ1v) is 9.62. The van der Waals surface area contributed by atoms with Crippen LogP contribution in [0.1, 0.15) is 36.2 Å². The Morgan fingerprint density at radius 2 is 1.89 bits per heavy atom. The summed E-state index contributed by atoms with van der Waals surface area (Å²) in [5, 5.41) is 0.929. The van der Waals surface area contributed by atoms with E-state index in [1.807, 2.05) is 42.2 Å². The van der Waals surface area contributed by atoms with Crippen LogP contribution in [-0.4, -0.2) is 33.9 Å². The van der Waals surface area contributed by atoms with E-state index >= 15 is 0 Å². The molecule has 0 radical (unpaired) electrons. The molecule has 0 unspecified atom stereocenters. The number of hydrogen-bond donors (Lipinski definition) is 0. The highest BCUT2D eigenvalue weighted by atomic mass is 16.2. The lowest BCUT2D eigenvalue weighted by Gasteiger charge is -2.35. The van der Waals surface area contributed by atoms with E-state index < -0.39 is 0 Å². The number of aromatic nitrogens is 2. The molecular formula is C23H25N3O. The van der Waals surface area contributed by atoms with Gasteiger partial charge >= 0.3 is 0 Å². The third-order valence-electron chi connectivity index (χ3n) is 5.31. The zero-order valence-electron chi connectivity index (χ0n) is 16.1. The number of nitrogens with zero attached hydrogens (tertiary/aromatic N) is 3. The van der Waals surface area contributed by atoms with E-state index in [-0.39, 0.29) is 5.91 Å². The smallest absolute Gasteiger partial charge is 0.254 e. The first-order chi connectivity index (χ1) is 13.0. The zero-order chi connectivity index (χ0) is 19.0. The van der Waals surface area contributed by atoms with Crippen LogP contribution in [0.5, 0.6) is 0 Å². The van der Waals surface area contributed by atoms with Crippen molar-refractivity contribution in [2.45, 2.75) is 27.2 Å². The van der Waals surface area contributed by atoms with Crippen molar-refractivity contribution in [1.82, 2.24) is 14.9 Å². The number of hydrogen-bond acceptors (Lipinski definition) is 3. The number of piperidine rings is 1. The second-order valence-corrected chi connectivity index (χ2v) is 7.97. The molecule has 0 bridgehead atoms. The second kappa shape index (κ2) is 7.10. The number of benzene rings is 1. The van der Waals surface area contributed by atoms with Crippen LogP contribution in [-0.2, 0) is 0 Å². The summed E-state index contributed by atoms with van der Waals surface area (Å²) in [6, 6.07) is 11.9. The van der Waals surface area contributed by atoms with Gasteiger partial charge in [0.25, 0.3) is 5.91 Å². The van der Waals surface area contributed by atoms with Gasteiger partial charge in [-0.3, -0.25) is 9.78 Å². The highest BCUT2D eigenvalue weighted by Gasteiger charge is 2.27. The lowest BCUT2D eigenvalue weighted by atomic mass is 9.91. The van der Waals surface area contributed by atoms with E-state index in [0.29, 0.717) is 11.8 Å². The molecular weight excluding hydrogens is 334 g/mol. The van der Waals surface area contributed by atoms with E-state index in [1.165, 1.54) is 6.42 Å². The van der Waals surface area contributed by atoms with Crippen LogP contribution >= 0.6 is 0 Å². The summed E-state index contributed by atoms with van der Waals surface area (Å²) in [5.41, 5.74) is 4.44. The maximum Gasteiger partial charge on any atom is 0.254 e. The minimum Gasteiger partial charge on any atom is -0.338 e. The minimum absolute atomic E-state index is 0.108. The molecule has 0 saturated carbocycles. The molecule has 1 aromatic carbocycles. The predicted molar refractivity (Wildman–Crippen MR) is 109 cm³/mol. The van der Waals surface area contributed by atoms with E-state index in [4.69, 9.17) is 4.98 Å². The molecule has 0 N–H and O–H groups in total. The molecule has 1 amide bonds. The summed E-state index contributed by atoms with van der Waals surface area (Å²) in [5.74, 6) is 1.17. The molecule has 0 aliphatic carbocycles. The third kappa shape index (κ3) is 3.57. The summed E-state index contributed by atoms with van der Waals surface area (Å²) >= 11 is 0. The van der Waals surface area contributed by atoms with Gasteiger partial charge in [0.2, 0.25) is 0 Å². The van der Waals surface area contributed by atoms with E-state index in [2.05, 4.69) is 24.9 Å². The fraction of sp³-hybridized carbons (Fsp3) is 0.348. The molecule has 0 spiro atoms. The highest BCUT2D eigenvalue weighted by Crippen LogP contribution is 2.28. The van der Waals surface area contributed by atoms with E-state index in [9.17, 15) is 4.79 Å². The van der Waals surface area contributed by atoms with Crippen molar-refractivity contribution in [2.24, 2.45) is 11.8 Å². The first kappa shape index (κ1) is 17.7. The molecule has 3 heterocycles. The van der Waals surface area contributed by atoms with Crippen LogP contribution < -0.4 is 0 Å². The lowest BCUT2D eigenvalue weighted by molar-refractivity contribution is 0.0625. The number of carbonyl (C=O) groups is 1. The molecule has 2 atom stereocenters. The number of pyridine rings is 2. The van der Waals surface area contributed by atoms with Crippen LogP contribution in [0.2, 0.25) is 0 Å². The van der Waals surface area contributed by atoms with Crippen molar-refractivity contribution < 1.29 is 4.79 Å². The fourth-order valence-corrected chi connectivity index (χ4v) is 4.18. The average Bonchev–Trinajstić information content (AvgIpc) is 2.66. The molecule has 1 aliphatic rings. The number of rotatable bonds is 2. The van der Waals surface area contributed by atoms with Crippen LogP contribution in [0.25, 0.3) is 22.2 Å². The zero-order valence-corrected chi connectivity index (χ0v) is 16.1. The van der Waals surface area contributed by atoms with Crippen LogP contribution in [0, 0.1) is 18.8 Å². The largest absolute Gasteiger partial charge is 0.338 e. The molecule has 3 aromatic rings. The lowest BCUT2D eigenvalue weighted by Crippen LogP contribution is -2.42. The maximum atomic E-state index is 13.5. The van der Waals surface area contributed by atoms with E-state index in [1.54, 1.807) is 12.4 Å². The Balaban J connectivity index is 1.84. The van der Waals surface area contributed by atoms with Crippen molar-refractivity contribution in [3.8, 4) is 11.3 Å². The minimum atomic E-state index is 0.108. The standard InChI is InChI=1S/C23H25N3O/c1-15-6-7-21-19(10-15)20(11-22(25-21)18-5-4-8-24-12-18)23(27)26-13-16(2)9-17(3)14-26/h4-8,10-12,16-17H,9,13-14H2,1-3H3/t16-,17+. The van der Waals surface area contributed by atoms with Gasteiger partial charge in [-0.1, -0.05) is 25.5 Å². The molecule has 4 heteroatoms. The highest BCUT2D eigenvalue weighted by molar-refractivity contribution is 6.07. The summed E-state index contributed by atoms with van der Waals surface area (Å²) < 4.78 is 0. The van der Waals surface area contributed by atoms with Gasteiger partial charge in [0.15, 0.2) is 0 Å². The Morgan fingerprint density at radius 3 is 2.59 bits per heavy atom. The van der Waals surface area contributed by atoms with Gasteiger partial charge in [-0.05, 0) is 55.5 Å². The number of fused-ring (bicyclic) bond motifs is 1. The molecule has 1 saturated heterocycles. The molecule has 2 aromatic heterocycles. The SMILES string of the molecule is Cc1ccc2nc(-c3cccnc3)cc(C(=O)N3C[C@H](C)C[C@H](C)C3)c2c1. The second-order valence-electron chi connectivity index (χ2n) is 7.97. The van der Waals surface area contributed by atoms with Gasteiger partial charge in [0, 0.05) is 36.4 Å². The first-order valence-electron chi connectivity index (χ1n) is 9.62. The van der Waals surface area contributed by atoms with Crippen molar-refractivity contribution in [3.05, 3.63) is 59.9 Å². The van der Waals surface area contributed by atoms with E-state index in [0.717, 1.165) is 46.4 Å². The summed E-state index contributed by atoms with van der Waals surface area (Å²) in [7, 11) is 0. The van der Waals surface area contributed by atoms with Crippen molar-refractivity contribution in [3.63, 3.8) is 0 Å². The summed E-state index contributed by atoms with van der Waals surface area (Å²) in [6.45, 7) is 8.15. The summed E-state index contributed by atoms with van der Waals surface area (Å²) in [4.78, 5) is 24.5. The Bertz CT molecular complexity index is 974. The Labute approximate surface area is 160 Å². The molecule has 1 aliphatic heterocycles. The molecule has 138 valence electrons. The molecule has 4 rings (SSSR count).